The summed E-state index contributed by atoms with van der Waals surface area (Å²) in [6, 6.07) is 7.90. The van der Waals surface area contributed by atoms with Crippen molar-refractivity contribution in [2.45, 2.75) is 0 Å². The van der Waals surface area contributed by atoms with Crippen molar-refractivity contribution in [1.82, 2.24) is 31.0 Å². The molecule has 0 saturated carbocycles. The first-order valence-electron chi connectivity index (χ1n) is 11.0. The minimum Gasteiger partial charge on any atom is -0.378 e. The Morgan fingerprint density at radius 1 is 1.23 bits per heavy atom. The molecule has 4 aromatic rings. The van der Waals surface area contributed by atoms with Gasteiger partial charge in [0.2, 0.25) is 5.96 Å². The van der Waals surface area contributed by atoms with E-state index in [9.17, 15) is 4.79 Å². The molecule has 6 rings (SSSR count). The van der Waals surface area contributed by atoms with Crippen LogP contribution in [0.5, 0.6) is 0 Å². The number of anilines is 2. The predicted molar refractivity (Wildman–Crippen MR) is 133 cm³/mol. The number of morpholine rings is 1. The van der Waals surface area contributed by atoms with E-state index in [0.29, 0.717) is 30.6 Å². The molecular formula is C22H21N9O3S. The maximum atomic E-state index is 11.6. The van der Waals surface area contributed by atoms with E-state index < -0.39 is 5.91 Å². The summed E-state index contributed by atoms with van der Waals surface area (Å²) >= 11 is 1.53. The molecule has 0 radical (unpaired) electrons. The average Bonchev–Trinajstić information content (AvgIpc) is 3.55. The van der Waals surface area contributed by atoms with Gasteiger partial charge in [-0.3, -0.25) is 15.1 Å². The van der Waals surface area contributed by atoms with E-state index >= 15 is 0 Å². The number of carbonyl (C=O) groups is 1. The number of aromatic amines is 1. The monoisotopic (exact) mass is 491 g/mol. The Morgan fingerprint density at radius 3 is 2.91 bits per heavy atom. The molecule has 2 aliphatic rings. The number of hydroxylamine groups is 1. The van der Waals surface area contributed by atoms with Crippen molar-refractivity contribution in [3.8, 4) is 11.4 Å². The van der Waals surface area contributed by atoms with Gasteiger partial charge in [-0.05, 0) is 12.1 Å². The lowest BCUT2D eigenvalue weighted by molar-refractivity contribution is -0.125. The van der Waals surface area contributed by atoms with Crippen molar-refractivity contribution < 1.29 is 14.7 Å². The second-order valence-corrected chi connectivity index (χ2v) is 9.03. The molecule has 178 valence electrons. The van der Waals surface area contributed by atoms with Gasteiger partial charge >= 0.3 is 0 Å². The number of rotatable bonds is 4. The van der Waals surface area contributed by atoms with E-state index in [-0.39, 0.29) is 6.54 Å². The van der Waals surface area contributed by atoms with Crippen LogP contribution in [0, 0.1) is 0 Å². The number of amides is 1. The van der Waals surface area contributed by atoms with Crippen molar-refractivity contribution in [2.24, 2.45) is 4.99 Å². The smallest absolute Gasteiger partial charge is 0.273 e. The number of hydrogen-bond donors (Lipinski definition) is 5. The topological polar surface area (TPSA) is 153 Å². The number of carbonyl (C=O) groups excluding carboxylic acids is 1. The fourth-order valence-corrected chi connectivity index (χ4v) is 5.08. The lowest BCUT2D eigenvalue weighted by atomic mass is 10.1. The molecule has 13 heteroatoms. The van der Waals surface area contributed by atoms with Gasteiger partial charge in [-0.15, -0.1) is 11.3 Å². The Labute approximate surface area is 202 Å². The highest BCUT2D eigenvalue weighted by atomic mass is 32.1. The maximum absolute atomic E-state index is 11.6. The number of H-pyrrole nitrogens is 1. The quantitative estimate of drug-likeness (QED) is 0.213. The number of guanidine groups is 1. The van der Waals surface area contributed by atoms with Gasteiger partial charge in [-0.2, -0.15) is 5.10 Å². The van der Waals surface area contributed by atoms with Crippen LogP contribution >= 0.6 is 11.3 Å². The first-order valence-corrected chi connectivity index (χ1v) is 11.8. The number of aliphatic imine (C=N–C) groups is 1. The van der Waals surface area contributed by atoms with Crippen LogP contribution in [0.1, 0.15) is 0 Å². The number of aromatic nitrogens is 4. The van der Waals surface area contributed by atoms with Crippen molar-refractivity contribution in [1.29, 1.82) is 0 Å². The number of nitrogens with one attached hydrogen (secondary N) is 4. The third-order valence-electron chi connectivity index (χ3n) is 5.82. The van der Waals surface area contributed by atoms with Gasteiger partial charge in [-0.25, -0.2) is 20.4 Å². The first-order chi connectivity index (χ1) is 17.2. The van der Waals surface area contributed by atoms with Crippen LogP contribution in [0.15, 0.2) is 47.2 Å². The Kier molecular flexibility index (Phi) is 5.48. The largest absolute Gasteiger partial charge is 0.378 e. The lowest BCUT2D eigenvalue weighted by Crippen LogP contribution is -2.36. The van der Waals surface area contributed by atoms with Gasteiger partial charge in [0.15, 0.2) is 11.6 Å². The van der Waals surface area contributed by atoms with Crippen LogP contribution in [0.4, 0.5) is 10.8 Å². The number of benzene rings is 1. The normalized spacial score (nSPS) is 16.1. The minimum absolute atomic E-state index is 0.143. The van der Waals surface area contributed by atoms with E-state index in [2.05, 4.69) is 30.7 Å². The molecule has 0 spiro atoms. The molecule has 1 fully saturated rings. The van der Waals surface area contributed by atoms with E-state index in [1.165, 1.54) is 17.5 Å². The second-order valence-electron chi connectivity index (χ2n) is 7.98. The predicted octanol–water partition coefficient (Wildman–Crippen LogP) is 1.83. The van der Waals surface area contributed by atoms with Crippen molar-refractivity contribution in [2.75, 3.05) is 43.1 Å². The standard InChI is InChI=1S/C22H21N9O3S/c32-21(30-33)12-9-23-22(24-10-12)27-17-8-16-18(35-17)20(31-4-6-34-7-5-31)28-19(26-16)13-2-1-3-15-14(13)11-25-29-15/h1-3,8-9,11,33H,4-7,10H2,(H,25,29)(H,30,32)(H2,23,24,27). The first kappa shape index (κ1) is 21.5. The van der Waals surface area contributed by atoms with Crippen LogP contribution in [0.2, 0.25) is 0 Å². The van der Waals surface area contributed by atoms with Gasteiger partial charge in [-0.1, -0.05) is 12.1 Å². The summed E-state index contributed by atoms with van der Waals surface area (Å²) in [5.41, 5.74) is 4.59. The lowest BCUT2D eigenvalue weighted by Gasteiger charge is -2.28. The molecule has 3 aromatic heterocycles. The summed E-state index contributed by atoms with van der Waals surface area (Å²) in [6.07, 6.45) is 3.30. The molecule has 1 amide bonds. The number of nitrogens with zero attached hydrogens (tertiary/aromatic N) is 5. The van der Waals surface area contributed by atoms with Crippen LogP contribution < -0.4 is 21.0 Å². The summed E-state index contributed by atoms with van der Waals surface area (Å²) in [4.78, 5) is 28.0. The van der Waals surface area contributed by atoms with Crippen molar-refractivity contribution in [3.05, 3.63) is 42.2 Å². The molecule has 0 unspecified atom stereocenters. The van der Waals surface area contributed by atoms with Crippen LogP contribution in [-0.4, -0.2) is 70.1 Å². The summed E-state index contributed by atoms with van der Waals surface area (Å²) in [6.45, 7) is 2.93. The Morgan fingerprint density at radius 2 is 2.11 bits per heavy atom. The van der Waals surface area contributed by atoms with E-state index in [1.54, 1.807) is 11.7 Å². The molecule has 0 bridgehead atoms. The van der Waals surface area contributed by atoms with Crippen molar-refractivity contribution in [3.63, 3.8) is 0 Å². The fraction of sp³-hybridized carbons (Fsp3) is 0.227. The highest BCUT2D eigenvalue weighted by molar-refractivity contribution is 7.23. The summed E-state index contributed by atoms with van der Waals surface area (Å²) in [5, 5.41) is 24.0. The molecule has 5 N–H and O–H groups in total. The number of ether oxygens (including phenoxy) is 1. The molecule has 0 atom stereocenters. The molecule has 1 saturated heterocycles. The second kappa shape index (κ2) is 8.94. The van der Waals surface area contributed by atoms with Gasteiger partial charge in [0.25, 0.3) is 5.91 Å². The van der Waals surface area contributed by atoms with E-state index in [1.807, 2.05) is 24.3 Å². The van der Waals surface area contributed by atoms with Crippen molar-refractivity contribution >= 4 is 55.1 Å². The molecular weight excluding hydrogens is 470 g/mol. The van der Waals surface area contributed by atoms with Gasteiger partial charge in [0.05, 0.1) is 52.3 Å². The third-order valence-corrected chi connectivity index (χ3v) is 6.85. The Balaban J connectivity index is 1.38. The fourth-order valence-electron chi connectivity index (χ4n) is 4.06. The van der Waals surface area contributed by atoms with Gasteiger partial charge in [0.1, 0.15) is 0 Å². The Hall–Kier alpha value is -4.07. The summed E-state index contributed by atoms with van der Waals surface area (Å²) in [7, 11) is 0. The molecule has 0 aliphatic carbocycles. The highest BCUT2D eigenvalue weighted by Crippen LogP contribution is 2.37. The van der Waals surface area contributed by atoms with Gasteiger partial charge < -0.3 is 20.3 Å². The molecule has 35 heavy (non-hydrogen) atoms. The molecule has 5 heterocycles. The van der Waals surface area contributed by atoms with Crippen LogP contribution in [0.3, 0.4) is 0 Å². The molecule has 1 aromatic carbocycles. The molecule has 12 nitrogen and oxygen atoms in total. The zero-order valence-corrected chi connectivity index (χ0v) is 19.2. The number of hydrogen-bond acceptors (Lipinski definition) is 11. The highest BCUT2D eigenvalue weighted by Gasteiger charge is 2.22. The number of fused-ring (bicyclic) bond motifs is 2. The minimum atomic E-state index is -0.590. The zero-order valence-electron chi connectivity index (χ0n) is 18.4. The number of thiophene rings is 1. The maximum Gasteiger partial charge on any atom is 0.273 e. The molecule has 2 aliphatic heterocycles. The van der Waals surface area contributed by atoms with E-state index in [0.717, 1.165) is 50.6 Å². The SMILES string of the molecule is O=C(NO)C1=CNC(Nc2cc3nc(-c4cccc5[nH]ncc45)nc(N4CCOCC4)c3s2)=NC1. The van der Waals surface area contributed by atoms with Gasteiger partial charge in [0, 0.05) is 30.2 Å². The van der Waals surface area contributed by atoms with E-state index in [4.69, 9.17) is 19.9 Å². The summed E-state index contributed by atoms with van der Waals surface area (Å²) < 4.78 is 6.52. The average molecular weight is 492 g/mol. The van der Waals surface area contributed by atoms with Crippen LogP contribution in [0.25, 0.3) is 32.5 Å². The third kappa shape index (κ3) is 4.05. The summed E-state index contributed by atoms with van der Waals surface area (Å²) in [5.74, 6) is 1.40. The Bertz CT molecular complexity index is 1490. The zero-order chi connectivity index (χ0) is 23.8. The van der Waals surface area contributed by atoms with Crippen LogP contribution in [-0.2, 0) is 9.53 Å².